The van der Waals surface area contributed by atoms with Gasteiger partial charge in [0, 0.05) is 43.0 Å². The molecule has 2 rings (SSSR count). The van der Waals surface area contributed by atoms with E-state index < -0.39 is 6.10 Å². The van der Waals surface area contributed by atoms with Gasteiger partial charge in [-0.2, -0.15) is 0 Å². The molecule has 1 aromatic heterocycles. The van der Waals surface area contributed by atoms with E-state index in [9.17, 15) is 9.90 Å². The highest BCUT2D eigenvalue weighted by Crippen LogP contribution is 2.21. The van der Waals surface area contributed by atoms with E-state index in [1.165, 1.54) is 7.11 Å². The topological polar surface area (TPSA) is 75.5 Å². The molecule has 3 N–H and O–H groups in total. The molecule has 0 aliphatic rings. The van der Waals surface area contributed by atoms with Crippen LogP contribution in [0.4, 0.5) is 10.5 Å². The second kappa shape index (κ2) is 7.99. The Balaban J connectivity index is 1.97. The highest BCUT2D eigenvalue weighted by Gasteiger charge is 2.08. The van der Waals surface area contributed by atoms with E-state index in [1.54, 1.807) is 0 Å². The molecule has 0 radical (unpaired) electrons. The summed E-state index contributed by atoms with van der Waals surface area (Å²) >= 11 is 0. The summed E-state index contributed by atoms with van der Waals surface area (Å²) in [6.07, 6.45) is 1.36. The van der Waals surface area contributed by atoms with Gasteiger partial charge in [-0.1, -0.05) is 13.8 Å². The summed E-state index contributed by atoms with van der Waals surface area (Å²) in [5, 5.41) is 16.0. The van der Waals surface area contributed by atoms with Gasteiger partial charge in [0.1, 0.15) is 0 Å². The van der Waals surface area contributed by atoms with Gasteiger partial charge in [-0.3, -0.25) is 0 Å². The molecule has 6 nitrogen and oxygen atoms in total. The standard InChI is InChI=1S/C17H25N3O3/c1-12(2)10-20-7-6-13-8-14(4-5-16(13)20)19-17(22)18-9-15(21)11-23-3/h4-8,12,15,21H,9-11H2,1-3H3,(H2,18,19,22)/t15-/m0/s1. The number of fused-ring (bicyclic) bond motifs is 1. The highest BCUT2D eigenvalue weighted by molar-refractivity contribution is 5.92. The third-order valence-electron chi connectivity index (χ3n) is 3.45. The van der Waals surface area contributed by atoms with Gasteiger partial charge in [0.05, 0.1) is 12.7 Å². The molecule has 0 spiro atoms. The van der Waals surface area contributed by atoms with Crippen LogP contribution in [0.15, 0.2) is 30.5 Å². The molecule has 1 atom stereocenters. The number of carbonyl (C=O) groups excluding carboxylic acids is 1. The minimum atomic E-state index is -0.710. The summed E-state index contributed by atoms with van der Waals surface area (Å²) < 4.78 is 7.02. The van der Waals surface area contributed by atoms with Crippen molar-refractivity contribution in [3.63, 3.8) is 0 Å². The summed E-state index contributed by atoms with van der Waals surface area (Å²) in [6, 6.07) is 7.53. The maximum atomic E-state index is 11.8. The van der Waals surface area contributed by atoms with Crippen molar-refractivity contribution in [3.8, 4) is 0 Å². The van der Waals surface area contributed by atoms with Gasteiger partial charge in [0.15, 0.2) is 0 Å². The van der Waals surface area contributed by atoms with Crippen molar-refractivity contribution in [2.45, 2.75) is 26.5 Å². The molecule has 1 heterocycles. The molecular weight excluding hydrogens is 294 g/mol. The Morgan fingerprint density at radius 1 is 1.35 bits per heavy atom. The molecule has 126 valence electrons. The Labute approximate surface area is 136 Å². The van der Waals surface area contributed by atoms with Gasteiger partial charge in [0.25, 0.3) is 0 Å². The zero-order chi connectivity index (χ0) is 16.8. The number of aliphatic hydroxyl groups excluding tert-OH is 1. The first kappa shape index (κ1) is 17.3. The summed E-state index contributed by atoms with van der Waals surface area (Å²) in [7, 11) is 1.50. The molecule has 0 fully saturated rings. The Morgan fingerprint density at radius 3 is 2.83 bits per heavy atom. The fourth-order valence-electron chi connectivity index (χ4n) is 2.47. The molecule has 0 aliphatic heterocycles. The number of aromatic nitrogens is 1. The predicted octanol–water partition coefficient (Wildman–Crippen LogP) is 2.43. The molecule has 0 aliphatic carbocycles. The van der Waals surface area contributed by atoms with E-state index in [1.807, 2.05) is 24.3 Å². The Bertz CT molecular complexity index is 652. The molecule has 23 heavy (non-hydrogen) atoms. The van der Waals surface area contributed by atoms with Gasteiger partial charge in [0.2, 0.25) is 0 Å². The number of benzene rings is 1. The molecule has 0 saturated heterocycles. The van der Waals surface area contributed by atoms with Crippen LogP contribution in [0.1, 0.15) is 13.8 Å². The molecule has 1 aromatic carbocycles. The van der Waals surface area contributed by atoms with Gasteiger partial charge < -0.3 is 25.0 Å². The number of anilines is 1. The van der Waals surface area contributed by atoms with Crippen LogP contribution >= 0.6 is 0 Å². The number of nitrogens with one attached hydrogen (secondary N) is 2. The third kappa shape index (κ3) is 4.97. The number of rotatable bonds is 7. The molecular formula is C17H25N3O3. The zero-order valence-electron chi connectivity index (χ0n) is 13.9. The van der Waals surface area contributed by atoms with Crippen molar-refractivity contribution in [2.75, 3.05) is 25.6 Å². The van der Waals surface area contributed by atoms with E-state index in [4.69, 9.17) is 4.74 Å². The zero-order valence-corrected chi connectivity index (χ0v) is 13.9. The minimum absolute atomic E-state index is 0.146. The predicted molar refractivity (Wildman–Crippen MR) is 91.7 cm³/mol. The van der Waals surface area contributed by atoms with E-state index in [2.05, 4.69) is 35.2 Å². The van der Waals surface area contributed by atoms with Crippen molar-refractivity contribution < 1.29 is 14.6 Å². The van der Waals surface area contributed by atoms with E-state index in [0.717, 1.165) is 23.1 Å². The average molecular weight is 319 g/mol. The Hall–Kier alpha value is -2.05. The smallest absolute Gasteiger partial charge is 0.319 e. The number of amides is 2. The molecule has 2 amide bonds. The molecule has 2 aromatic rings. The largest absolute Gasteiger partial charge is 0.389 e. The summed E-state index contributed by atoms with van der Waals surface area (Å²) in [5.41, 5.74) is 1.87. The number of carbonyl (C=O) groups is 1. The second-order valence-corrected chi connectivity index (χ2v) is 6.08. The molecule has 6 heteroatoms. The lowest BCUT2D eigenvalue weighted by Crippen LogP contribution is -2.36. The quantitative estimate of drug-likeness (QED) is 0.733. The van der Waals surface area contributed by atoms with Crippen LogP contribution in [0.5, 0.6) is 0 Å². The van der Waals surface area contributed by atoms with Crippen LogP contribution in [0.3, 0.4) is 0 Å². The first-order valence-corrected chi connectivity index (χ1v) is 7.80. The average Bonchev–Trinajstić information content (AvgIpc) is 2.87. The van der Waals surface area contributed by atoms with E-state index in [-0.39, 0.29) is 19.2 Å². The number of hydrogen-bond acceptors (Lipinski definition) is 3. The van der Waals surface area contributed by atoms with Crippen LogP contribution < -0.4 is 10.6 Å². The monoisotopic (exact) mass is 319 g/mol. The maximum absolute atomic E-state index is 11.8. The maximum Gasteiger partial charge on any atom is 0.319 e. The number of urea groups is 1. The van der Waals surface area contributed by atoms with Gasteiger partial charge in [-0.05, 0) is 30.2 Å². The molecule has 0 bridgehead atoms. The number of aliphatic hydroxyl groups is 1. The fraction of sp³-hybridized carbons (Fsp3) is 0.471. The van der Waals surface area contributed by atoms with Gasteiger partial charge in [-0.15, -0.1) is 0 Å². The van der Waals surface area contributed by atoms with Crippen molar-refractivity contribution in [1.82, 2.24) is 9.88 Å². The van der Waals surface area contributed by atoms with Crippen LogP contribution in [0, 0.1) is 5.92 Å². The van der Waals surface area contributed by atoms with Crippen LogP contribution in [0.25, 0.3) is 10.9 Å². The van der Waals surface area contributed by atoms with Crippen LogP contribution in [-0.2, 0) is 11.3 Å². The normalized spacial score (nSPS) is 12.6. The summed E-state index contributed by atoms with van der Waals surface area (Å²) in [6.45, 7) is 5.67. The Morgan fingerprint density at radius 2 is 2.13 bits per heavy atom. The highest BCUT2D eigenvalue weighted by atomic mass is 16.5. The lowest BCUT2D eigenvalue weighted by atomic mass is 10.2. The van der Waals surface area contributed by atoms with Crippen LogP contribution in [-0.4, -0.2) is 42.1 Å². The first-order chi connectivity index (χ1) is 11.0. The lowest BCUT2D eigenvalue weighted by Gasteiger charge is -2.12. The first-order valence-electron chi connectivity index (χ1n) is 7.80. The third-order valence-corrected chi connectivity index (χ3v) is 3.45. The minimum Gasteiger partial charge on any atom is -0.389 e. The fourth-order valence-corrected chi connectivity index (χ4v) is 2.47. The van der Waals surface area contributed by atoms with Crippen LogP contribution in [0.2, 0.25) is 0 Å². The van der Waals surface area contributed by atoms with Gasteiger partial charge in [-0.25, -0.2) is 4.79 Å². The van der Waals surface area contributed by atoms with Crippen molar-refractivity contribution >= 4 is 22.6 Å². The lowest BCUT2D eigenvalue weighted by molar-refractivity contribution is 0.0663. The van der Waals surface area contributed by atoms with E-state index >= 15 is 0 Å². The SMILES string of the molecule is COC[C@@H](O)CNC(=O)Nc1ccc2c(ccn2CC(C)C)c1. The van der Waals surface area contributed by atoms with Crippen molar-refractivity contribution in [1.29, 1.82) is 0 Å². The summed E-state index contributed by atoms with van der Waals surface area (Å²) in [4.78, 5) is 11.8. The van der Waals surface area contributed by atoms with E-state index in [0.29, 0.717) is 5.92 Å². The number of nitrogens with zero attached hydrogens (tertiary/aromatic N) is 1. The molecule has 0 unspecified atom stereocenters. The number of hydrogen-bond donors (Lipinski definition) is 3. The number of ether oxygens (including phenoxy) is 1. The van der Waals surface area contributed by atoms with Crippen molar-refractivity contribution in [2.24, 2.45) is 5.92 Å². The summed E-state index contributed by atoms with van der Waals surface area (Å²) in [5.74, 6) is 0.577. The second-order valence-electron chi connectivity index (χ2n) is 6.08. The molecule has 0 saturated carbocycles. The number of methoxy groups -OCH3 is 1. The van der Waals surface area contributed by atoms with Crippen molar-refractivity contribution in [3.05, 3.63) is 30.5 Å². The van der Waals surface area contributed by atoms with Gasteiger partial charge >= 0.3 is 6.03 Å². The Kier molecular flexibility index (Phi) is 6.01.